The average Bonchev–Trinajstić information content (AvgIpc) is 3.09. The van der Waals surface area contributed by atoms with Gasteiger partial charge in [0.05, 0.1) is 11.8 Å². The van der Waals surface area contributed by atoms with Crippen LogP contribution in [0.5, 0.6) is 0 Å². The number of carboxylic acid groups (broad SMARTS) is 1. The van der Waals surface area contributed by atoms with Gasteiger partial charge in [-0.05, 0) is 12.1 Å². The second kappa shape index (κ2) is 4.33. The van der Waals surface area contributed by atoms with Gasteiger partial charge in [0.2, 0.25) is 5.82 Å². The van der Waals surface area contributed by atoms with Crippen LogP contribution in [-0.2, 0) is 0 Å². The van der Waals surface area contributed by atoms with E-state index in [-0.39, 0.29) is 11.5 Å². The van der Waals surface area contributed by atoms with Crippen LogP contribution in [0.25, 0.3) is 23.0 Å². The third-order valence-electron chi connectivity index (χ3n) is 2.43. The molecule has 3 rings (SSSR count). The Morgan fingerprint density at radius 2 is 2.26 bits per heavy atom. The van der Waals surface area contributed by atoms with E-state index < -0.39 is 5.97 Å². The van der Waals surface area contributed by atoms with Crippen molar-refractivity contribution in [1.29, 1.82) is 0 Å². The maximum absolute atomic E-state index is 10.9. The van der Waals surface area contributed by atoms with E-state index in [9.17, 15) is 4.79 Å². The zero-order valence-electron chi connectivity index (χ0n) is 9.44. The lowest BCUT2D eigenvalue weighted by molar-refractivity contribution is 0.0697. The quantitative estimate of drug-likeness (QED) is 0.724. The van der Waals surface area contributed by atoms with Crippen molar-refractivity contribution in [3.63, 3.8) is 0 Å². The predicted octanol–water partition coefficient (Wildman–Crippen LogP) is 1.22. The van der Waals surface area contributed by atoms with Gasteiger partial charge in [-0.1, -0.05) is 17.3 Å². The van der Waals surface area contributed by atoms with E-state index in [1.54, 1.807) is 12.1 Å². The Hall–Kier alpha value is -3.03. The smallest absolute Gasteiger partial charge is 0.335 e. The fourth-order valence-electron chi connectivity index (χ4n) is 1.54. The molecule has 0 unspecified atom stereocenters. The fourth-order valence-corrected chi connectivity index (χ4v) is 1.54. The topological polar surface area (TPSA) is 118 Å². The molecule has 8 heteroatoms. The molecule has 0 aliphatic rings. The Morgan fingerprint density at radius 3 is 3.00 bits per heavy atom. The van der Waals surface area contributed by atoms with Gasteiger partial charge in [-0.15, -0.1) is 0 Å². The Morgan fingerprint density at radius 1 is 1.37 bits per heavy atom. The van der Waals surface area contributed by atoms with Crippen LogP contribution in [0.1, 0.15) is 10.4 Å². The summed E-state index contributed by atoms with van der Waals surface area (Å²) in [6.45, 7) is 0. The molecule has 0 bridgehead atoms. The van der Waals surface area contributed by atoms with E-state index in [4.69, 9.17) is 9.63 Å². The molecule has 0 aliphatic heterocycles. The summed E-state index contributed by atoms with van der Waals surface area (Å²) in [5.74, 6) is -0.507. The number of hydrogen-bond donors (Lipinski definition) is 2. The number of rotatable bonds is 3. The van der Waals surface area contributed by atoms with Gasteiger partial charge >= 0.3 is 5.97 Å². The molecule has 94 valence electrons. The molecule has 0 saturated carbocycles. The van der Waals surface area contributed by atoms with Crippen molar-refractivity contribution < 1.29 is 14.4 Å². The molecule has 2 aromatic heterocycles. The zero-order chi connectivity index (χ0) is 13.2. The van der Waals surface area contributed by atoms with E-state index in [1.807, 2.05) is 0 Å². The number of aromatic nitrogens is 5. The summed E-state index contributed by atoms with van der Waals surface area (Å²) < 4.78 is 5.03. The minimum Gasteiger partial charge on any atom is -0.478 e. The van der Waals surface area contributed by atoms with Gasteiger partial charge in [0.1, 0.15) is 0 Å². The molecule has 19 heavy (non-hydrogen) atoms. The van der Waals surface area contributed by atoms with Crippen LogP contribution < -0.4 is 0 Å². The number of carbonyl (C=O) groups is 1. The van der Waals surface area contributed by atoms with E-state index in [2.05, 4.69) is 25.6 Å². The molecule has 0 aliphatic carbocycles. The highest BCUT2D eigenvalue weighted by molar-refractivity contribution is 5.89. The van der Waals surface area contributed by atoms with Crippen LogP contribution in [0, 0.1) is 0 Å². The van der Waals surface area contributed by atoms with E-state index in [0.717, 1.165) is 0 Å². The third kappa shape index (κ3) is 2.06. The predicted molar refractivity (Wildman–Crippen MR) is 62.1 cm³/mol. The van der Waals surface area contributed by atoms with E-state index >= 15 is 0 Å². The number of nitrogens with zero attached hydrogens (tertiary/aromatic N) is 4. The van der Waals surface area contributed by atoms with Gasteiger partial charge in [-0.2, -0.15) is 20.4 Å². The Labute approximate surface area is 106 Å². The molecule has 0 spiro atoms. The lowest BCUT2D eigenvalue weighted by atomic mass is 10.1. The summed E-state index contributed by atoms with van der Waals surface area (Å²) in [6, 6.07) is 6.28. The van der Waals surface area contributed by atoms with Crippen LogP contribution in [0.15, 0.2) is 35.0 Å². The van der Waals surface area contributed by atoms with Crippen molar-refractivity contribution in [3.05, 3.63) is 36.0 Å². The molecule has 2 heterocycles. The van der Waals surface area contributed by atoms with Crippen molar-refractivity contribution in [3.8, 4) is 23.0 Å². The van der Waals surface area contributed by atoms with Gasteiger partial charge in [0.15, 0.2) is 5.69 Å². The standard InChI is InChI=1S/C11H7N5O3/c17-11(18)7-3-1-2-6(4-7)9-13-10(19-15-9)8-5-12-16-14-8/h1-5H,(H,17,18)(H,12,14,16). The van der Waals surface area contributed by atoms with Crippen LogP contribution in [0.2, 0.25) is 0 Å². The number of nitrogens with one attached hydrogen (secondary N) is 1. The number of hydrogen-bond acceptors (Lipinski definition) is 6. The Bertz CT molecular complexity index is 720. The molecular weight excluding hydrogens is 250 g/mol. The molecule has 0 amide bonds. The molecule has 1 aromatic carbocycles. The molecule has 3 aromatic rings. The molecule has 2 N–H and O–H groups in total. The summed E-state index contributed by atoms with van der Waals surface area (Å²) >= 11 is 0. The van der Waals surface area contributed by atoms with Crippen LogP contribution in [0.3, 0.4) is 0 Å². The summed E-state index contributed by atoms with van der Waals surface area (Å²) in [7, 11) is 0. The second-order valence-corrected chi connectivity index (χ2v) is 3.66. The minimum absolute atomic E-state index is 0.158. The van der Waals surface area contributed by atoms with Crippen molar-refractivity contribution in [2.45, 2.75) is 0 Å². The molecule has 0 atom stereocenters. The first-order valence-electron chi connectivity index (χ1n) is 5.27. The molecule has 0 fully saturated rings. The van der Waals surface area contributed by atoms with Crippen molar-refractivity contribution in [2.75, 3.05) is 0 Å². The van der Waals surface area contributed by atoms with Gasteiger partial charge < -0.3 is 9.63 Å². The summed E-state index contributed by atoms with van der Waals surface area (Å²) in [5.41, 5.74) is 1.14. The van der Waals surface area contributed by atoms with Crippen LogP contribution in [0.4, 0.5) is 0 Å². The highest BCUT2D eigenvalue weighted by Crippen LogP contribution is 2.20. The number of benzene rings is 1. The zero-order valence-corrected chi connectivity index (χ0v) is 9.44. The maximum atomic E-state index is 10.9. The Kier molecular flexibility index (Phi) is 2.53. The highest BCUT2D eigenvalue weighted by atomic mass is 16.5. The SMILES string of the molecule is O=C(O)c1cccc(-c2noc(-c3cn[nH]n3)n2)c1. The van der Waals surface area contributed by atoms with E-state index in [0.29, 0.717) is 17.1 Å². The van der Waals surface area contributed by atoms with Crippen molar-refractivity contribution in [2.24, 2.45) is 0 Å². The highest BCUT2D eigenvalue weighted by Gasteiger charge is 2.13. The summed E-state index contributed by atoms with van der Waals surface area (Å²) in [6.07, 6.45) is 1.45. The molecule has 8 nitrogen and oxygen atoms in total. The van der Waals surface area contributed by atoms with Gasteiger partial charge in [0.25, 0.3) is 5.89 Å². The molecule has 0 radical (unpaired) electrons. The minimum atomic E-state index is -1.01. The summed E-state index contributed by atoms with van der Waals surface area (Å²) in [5, 5.41) is 22.6. The number of aromatic amines is 1. The maximum Gasteiger partial charge on any atom is 0.335 e. The second-order valence-electron chi connectivity index (χ2n) is 3.66. The van der Waals surface area contributed by atoms with Crippen LogP contribution >= 0.6 is 0 Å². The first-order valence-corrected chi connectivity index (χ1v) is 5.27. The number of aromatic carboxylic acids is 1. The van der Waals surface area contributed by atoms with Gasteiger partial charge in [-0.25, -0.2) is 4.79 Å². The fraction of sp³-hybridized carbons (Fsp3) is 0. The lowest BCUT2D eigenvalue weighted by Crippen LogP contribution is -1.96. The summed E-state index contributed by atoms with van der Waals surface area (Å²) in [4.78, 5) is 15.0. The number of carboxylic acids is 1. The lowest BCUT2D eigenvalue weighted by Gasteiger charge is -1.96. The van der Waals surface area contributed by atoms with Gasteiger partial charge in [0, 0.05) is 5.56 Å². The largest absolute Gasteiger partial charge is 0.478 e. The normalized spacial score (nSPS) is 10.5. The Balaban J connectivity index is 1.99. The third-order valence-corrected chi connectivity index (χ3v) is 2.43. The first-order chi connectivity index (χ1) is 9.24. The molecule has 0 saturated heterocycles. The number of H-pyrrole nitrogens is 1. The van der Waals surface area contributed by atoms with Crippen molar-refractivity contribution >= 4 is 5.97 Å². The van der Waals surface area contributed by atoms with Gasteiger partial charge in [-0.3, -0.25) is 0 Å². The monoisotopic (exact) mass is 257 g/mol. The van der Waals surface area contributed by atoms with Crippen LogP contribution in [-0.4, -0.2) is 36.6 Å². The van der Waals surface area contributed by atoms with E-state index in [1.165, 1.54) is 18.3 Å². The van der Waals surface area contributed by atoms with Crippen molar-refractivity contribution in [1.82, 2.24) is 25.6 Å². The molecular formula is C11H7N5O3. The average molecular weight is 257 g/mol. The first kappa shape index (κ1) is 11.1.